The number of aliphatic hydroxyl groups excluding tert-OH is 1. The van der Waals surface area contributed by atoms with Crippen LogP contribution in [-0.2, 0) is 0 Å². The molecule has 0 atom stereocenters. The molecule has 116 valence electrons. The van der Waals surface area contributed by atoms with Gasteiger partial charge in [-0.15, -0.1) is 11.3 Å². The van der Waals surface area contributed by atoms with Crippen molar-refractivity contribution in [1.82, 2.24) is 10.2 Å². The summed E-state index contributed by atoms with van der Waals surface area (Å²) in [5.74, 6) is 5.75. The number of aliphatic hydroxyl groups is 1. The van der Waals surface area contributed by atoms with Crippen molar-refractivity contribution in [3.63, 3.8) is 0 Å². The van der Waals surface area contributed by atoms with Crippen molar-refractivity contribution >= 4 is 17.2 Å². The number of nitrogens with one attached hydrogen (secondary N) is 1. The molecule has 0 saturated carbocycles. The molecule has 1 aromatic rings. The lowest BCUT2D eigenvalue weighted by Gasteiger charge is -2.17. The largest absolute Gasteiger partial charge is 0.395 e. The number of thiophene rings is 1. The monoisotopic (exact) mass is 308 g/mol. The molecule has 0 bridgehead atoms. The highest BCUT2D eigenvalue weighted by atomic mass is 32.1. The predicted octanol–water partition coefficient (Wildman–Crippen LogP) is 1.94. The summed E-state index contributed by atoms with van der Waals surface area (Å²) in [5, 5.41) is 13.4. The smallest absolute Gasteiger partial charge is 0.252 e. The van der Waals surface area contributed by atoms with Crippen LogP contribution in [0, 0.1) is 11.8 Å². The van der Waals surface area contributed by atoms with Crippen LogP contribution in [0.1, 0.15) is 41.9 Å². The second kappa shape index (κ2) is 10.4. The van der Waals surface area contributed by atoms with E-state index in [1.54, 1.807) is 6.07 Å². The SMILES string of the molecule is CCN(CC)CCCNC(=O)c1csc(C#CCCO)c1. The van der Waals surface area contributed by atoms with E-state index < -0.39 is 0 Å². The van der Waals surface area contributed by atoms with E-state index in [4.69, 9.17) is 5.11 Å². The van der Waals surface area contributed by atoms with Crippen LogP contribution in [0.2, 0.25) is 0 Å². The first-order chi connectivity index (χ1) is 10.2. The number of nitrogens with zero attached hydrogens (tertiary/aromatic N) is 1. The van der Waals surface area contributed by atoms with Crippen molar-refractivity contribution in [2.45, 2.75) is 26.7 Å². The molecule has 2 N–H and O–H groups in total. The maximum atomic E-state index is 12.0. The molecule has 1 heterocycles. The lowest BCUT2D eigenvalue weighted by Crippen LogP contribution is -2.29. The molecule has 4 nitrogen and oxygen atoms in total. The van der Waals surface area contributed by atoms with Gasteiger partial charge in [-0.3, -0.25) is 4.79 Å². The molecule has 1 rings (SSSR count). The molecule has 21 heavy (non-hydrogen) atoms. The van der Waals surface area contributed by atoms with Crippen molar-refractivity contribution in [3.8, 4) is 11.8 Å². The Bertz CT molecular complexity index is 484. The molecule has 0 fully saturated rings. The molecule has 0 aromatic carbocycles. The van der Waals surface area contributed by atoms with Crippen LogP contribution in [0.25, 0.3) is 0 Å². The summed E-state index contributed by atoms with van der Waals surface area (Å²) >= 11 is 1.46. The van der Waals surface area contributed by atoms with Gasteiger partial charge in [0.1, 0.15) is 0 Å². The molecule has 0 aliphatic heterocycles. The van der Waals surface area contributed by atoms with E-state index in [0.29, 0.717) is 18.5 Å². The number of amides is 1. The number of carbonyl (C=O) groups excluding carboxylic acids is 1. The van der Waals surface area contributed by atoms with Crippen LogP contribution < -0.4 is 5.32 Å². The zero-order valence-corrected chi connectivity index (χ0v) is 13.6. The summed E-state index contributed by atoms with van der Waals surface area (Å²) in [6.07, 6.45) is 1.42. The quantitative estimate of drug-likeness (QED) is 0.570. The normalized spacial score (nSPS) is 10.3. The van der Waals surface area contributed by atoms with E-state index in [1.807, 2.05) is 5.38 Å². The molecule has 1 aromatic heterocycles. The summed E-state index contributed by atoms with van der Waals surface area (Å²) in [6, 6.07) is 1.80. The lowest BCUT2D eigenvalue weighted by atomic mass is 10.2. The average Bonchev–Trinajstić information content (AvgIpc) is 2.96. The molecule has 0 aliphatic rings. The minimum absolute atomic E-state index is 0.0407. The highest BCUT2D eigenvalue weighted by Gasteiger charge is 2.07. The minimum Gasteiger partial charge on any atom is -0.395 e. The molecule has 1 amide bonds. The van der Waals surface area contributed by atoms with Crippen molar-refractivity contribution in [2.24, 2.45) is 0 Å². The first kappa shape index (κ1) is 17.7. The summed E-state index contributed by atoms with van der Waals surface area (Å²) < 4.78 is 0. The van der Waals surface area contributed by atoms with Gasteiger partial charge >= 0.3 is 0 Å². The van der Waals surface area contributed by atoms with Gasteiger partial charge in [0.25, 0.3) is 5.91 Å². The highest BCUT2D eigenvalue weighted by molar-refractivity contribution is 7.10. The van der Waals surface area contributed by atoms with Crippen LogP contribution in [0.3, 0.4) is 0 Å². The predicted molar refractivity (Wildman–Crippen MR) is 87.6 cm³/mol. The number of rotatable bonds is 8. The Kier molecular flexibility index (Phi) is 8.76. The van der Waals surface area contributed by atoms with E-state index in [-0.39, 0.29) is 12.5 Å². The van der Waals surface area contributed by atoms with Gasteiger partial charge in [0.05, 0.1) is 17.0 Å². The molecule has 5 heteroatoms. The fourth-order valence-electron chi connectivity index (χ4n) is 1.87. The highest BCUT2D eigenvalue weighted by Crippen LogP contribution is 2.13. The molecular weight excluding hydrogens is 284 g/mol. The van der Waals surface area contributed by atoms with Gasteiger partial charge in [-0.05, 0) is 32.1 Å². The molecule has 0 radical (unpaired) electrons. The van der Waals surface area contributed by atoms with Crippen molar-refractivity contribution in [3.05, 3.63) is 21.9 Å². The molecular formula is C16H24N2O2S. The van der Waals surface area contributed by atoms with E-state index in [0.717, 1.165) is 30.9 Å². The Balaban J connectivity index is 2.34. The van der Waals surface area contributed by atoms with Crippen LogP contribution >= 0.6 is 11.3 Å². The van der Waals surface area contributed by atoms with Crippen LogP contribution in [-0.4, -0.2) is 48.7 Å². The standard InChI is InChI=1S/C16H24N2O2S/c1-3-18(4-2)10-7-9-17-16(20)14-12-15(21-13-14)8-5-6-11-19/h12-13,19H,3-4,6-7,9-11H2,1-2H3,(H,17,20). The van der Waals surface area contributed by atoms with Crippen LogP contribution in [0.5, 0.6) is 0 Å². The van der Waals surface area contributed by atoms with E-state index in [2.05, 4.69) is 35.9 Å². The van der Waals surface area contributed by atoms with Gasteiger partial charge in [-0.25, -0.2) is 0 Å². The third-order valence-electron chi connectivity index (χ3n) is 3.14. The molecule has 0 spiro atoms. The summed E-state index contributed by atoms with van der Waals surface area (Å²) in [4.78, 5) is 15.2. The Morgan fingerprint density at radius 3 is 2.86 bits per heavy atom. The Hall–Kier alpha value is -1.35. The molecule has 0 aliphatic carbocycles. The first-order valence-corrected chi connectivity index (χ1v) is 8.28. The topological polar surface area (TPSA) is 52.6 Å². The van der Waals surface area contributed by atoms with Crippen LogP contribution in [0.15, 0.2) is 11.4 Å². The van der Waals surface area contributed by atoms with Gasteiger partial charge < -0.3 is 15.3 Å². The fourth-order valence-corrected chi connectivity index (χ4v) is 2.63. The van der Waals surface area contributed by atoms with Gasteiger partial charge in [0.2, 0.25) is 0 Å². The van der Waals surface area contributed by atoms with Crippen molar-refractivity contribution < 1.29 is 9.90 Å². The number of hydrogen-bond donors (Lipinski definition) is 2. The zero-order chi connectivity index (χ0) is 15.5. The van der Waals surface area contributed by atoms with Crippen molar-refractivity contribution in [1.29, 1.82) is 0 Å². The Morgan fingerprint density at radius 1 is 1.43 bits per heavy atom. The Labute approximate surface area is 131 Å². The minimum atomic E-state index is -0.0407. The second-order valence-electron chi connectivity index (χ2n) is 4.61. The van der Waals surface area contributed by atoms with E-state index >= 15 is 0 Å². The lowest BCUT2D eigenvalue weighted by molar-refractivity contribution is 0.0952. The van der Waals surface area contributed by atoms with Gasteiger partial charge in [0, 0.05) is 18.3 Å². The molecule has 0 unspecified atom stereocenters. The van der Waals surface area contributed by atoms with E-state index in [9.17, 15) is 4.79 Å². The fraction of sp³-hybridized carbons (Fsp3) is 0.562. The molecule has 0 saturated heterocycles. The summed E-state index contributed by atoms with van der Waals surface area (Å²) in [7, 11) is 0. The zero-order valence-electron chi connectivity index (χ0n) is 12.8. The van der Waals surface area contributed by atoms with Gasteiger partial charge in [0.15, 0.2) is 0 Å². The van der Waals surface area contributed by atoms with Gasteiger partial charge in [-0.1, -0.05) is 25.7 Å². The van der Waals surface area contributed by atoms with Gasteiger partial charge in [-0.2, -0.15) is 0 Å². The maximum Gasteiger partial charge on any atom is 0.252 e. The van der Waals surface area contributed by atoms with Crippen LogP contribution in [0.4, 0.5) is 0 Å². The third-order valence-corrected chi connectivity index (χ3v) is 3.99. The third kappa shape index (κ3) is 6.76. The summed E-state index contributed by atoms with van der Waals surface area (Å²) in [5.41, 5.74) is 0.663. The first-order valence-electron chi connectivity index (χ1n) is 7.40. The number of carbonyl (C=O) groups is 1. The average molecular weight is 308 g/mol. The van der Waals surface area contributed by atoms with Crippen molar-refractivity contribution in [2.75, 3.05) is 32.8 Å². The number of hydrogen-bond acceptors (Lipinski definition) is 4. The maximum absolute atomic E-state index is 12.0. The van der Waals surface area contributed by atoms with E-state index in [1.165, 1.54) is 11.3 Å². The second-order valence-corrected chi connectivity index (χ2v) is 5.52. The summed E-state index contributed by atoms with van der Waals surface area (Å²) in [6.45, 7) is 8.15. The Morgan fingerprint density at radius 2 is 2.19 bits per heavy atom.